The molecule has 4 heteroatoms. The fraction of sp³-hybridized carbons (Fsp3) is 0.0588. The van der Waals surface area contributed by atoms with E-state index in [0.717, 1.165) is 21.6 Å². The van der Waals surface area contributed by atoms with Crippen LogP contribution in [0.5, 0.6) is 0 Å². The van der Waals surface area contributed by atoms with Crippen LogP contribution in [0.15, 0.2) is 65.7 Å². The number of pyridine rings is 1. The average molecular weight is 295 g/mol. The van der Waals surface area contributed by atoms with Gasteiger partial charge in [0.25, 0.3) is 0 Å². The molecule has 0 amide bonds. The van der Waals surface area contributed by atoms with Gasteiger partial charge in [-0.2, -0.15) is 0 Å². The van der Waals surface area contributed by atoms with Gasteiger partial charge < -0.3 is 5.11 Å². The van der Waals surface area contributed by atoms with Crippen LogP contribution in [0.2, 0.25) is 0 Å². The Morgan fingerprint density at radius 1 is 1.10 bits per heavy atom. The van der Waals surface area contributed by atoms with E-state index in [4.69, 9.17) is 5.11 Å². The minimum Gasteiger partial charge on any atom is -0.478 e. The number of fused-ring (bicyclic) bond motifs is 1. The van der Waals surface area contributed by atoms with Gasteiger partial charge in [0.15, 0.2) is 0 Å². The molecular formula is C17H13NO2S. The normalized spacial score (nSPS) is 10.7. The van der Waals surface area contributed by atoms with Crippen LogP contribution in [-0.2, 0) is 5.75 Å². The molecule has 0 aliphatic heterocycles. The second-order valence-electron chi connectivity index (χ2n) is 4.65. The summed E-state index contributed by atoms with van der Waals surface area (Å²) in [6, 6.07) is 17.2. The summed E-state index contributed by atoms with van der Waals surface area (Å²) in [5.74, 6) is -0.0947. The number of rotatable bonds is 4. The van der Waals surface area contributed by atoms with E-state index in [-0.39, 0.29) is 0 Å². The van der Waals surface area contributed by atoms with Crippen molar-refractivity contribution in [2.24, 2.45) is 0 Å². The number of carboxylic acids is 1. The summed E-state index contributed by atoms with van der Waals surface area (Å²) < 4.78 is 0. The minimum atomic E-state index is -0.894. The number of carbonyl (C=O) groups is 1. The van der Waals surface area contributed by atoms with Gasteiger partial charge in [-0.05, 0) is 42.0 Å². The van der Waals surface area contributed by atoms with Crippen LogP contribution in [0.4, 0.5) is 0 Å². The summed E-state index contributed by atoms with van der Waals surface area (Å²) in [4.78, 5) is 16.2. The van der Waals surface area contributed by atoms with Crippen molar-refractivity contribution in [2.45, 2.75) is 10.6 Å². The van der Waals surface area contributed by atoms with Gasteiger partial charge in [-0.25, -0.2) is 4.79 Å². The number of aromatic carboxylic acids is 1. The van der Waals surface area contributed by atoms with Gasteiger partial charge in [0.2, 0.25) is 0 Å². The number of hydrogen-bond acceptors (Lipinski definition) is 3. The van der Waals surface area contributed by atoms with Crippen molar-refractivity contribution in [2.75, 3.05) is 0 Å². The molecule has 1 N–H and O–H groups in total. The predicted molar refractivity (Wildman–Crippen MR) is 84.7 cm³/mol. The molecule has 1 heterocycles. The van der Waals surface area contributed by atoms with Crippen molar-refractivity contribution < 1.29 is 9.90 Å². The fourth-order valence-corrected chi connectivity index (χ4v) is 3.00. The number of aromatic nitrogens is 1. The van der Waals surface area contributed by atoms with Crippen LogP contribution in [-0.4, -0.2) is 16.1 Å². The van der Waals surface area contributed by atoms with Gasteiger partial charge in [0.1, 0.15) is 0 Å². The molecule has 0 saturated heterocycles. The Balaban J connectivity index is 1.77. The van der Waals surface area contributed by atoms with Crippen molar-refractivity contribution in [1.29, 1.82) is 0 Å². The summed E-state index contributed by atoms with van der Waals surface area (Å²) in [5, 5.41) is 10.1. The Morgan fingerprint density at radius 2 is 2.00 bits per heavy atom. The van der Waals surface area contributed by atoms with E-state index in [1.54, 1.807) is 36.2 Å². The summed E-state index contributed by atoms with van der Waals surface area (Å²) >= 11 is 1.63. The van der Waals surface area contributed by atoms with E-state index in [2.05, 4.69) is 17.1 Å². The summed E-state index contributed by atoms with van der Waals surface area (Å²) in [7, 11) is 0. The Hall–Kier alpha value is -2.33. The van der Waals surface area contributed by atoms with Crippen molar-refractivity contribution in [1.82, 2.24) is 4.98 Å². The first-order chi connectivity index (χ1) is 10.2. The zero-order valence-electron chi connectivity index (χ0n) is 11.2. The van der Waals surface area contributed by atoms with Crippen molar-refractivity contribution in [3.05, 3.63) is 71.9 Å². The molecule has 21 heavy (non-hydrogen) atoms. The molecule has 3 aromatic rings. The lowest BCUT2D eigenvalue weighted by molar-refractivity contribution is 0.0696. The van der Waals surface area contributed by atoms with Crippen LogP contribution in [0, 0.1) is 0 Å². The zero-order chi connectivity index (χ0) is 14.7. The maximum atomic E-state index is 11.0. The molecule has 3 rings (SSSR count). The average Bonchev–Trinajstić information content (AvgIpc) is 2.53. The van der Waals surface area contributed by atoms with Crippen LogP contribution >= 0.6 is 11.8 Å². The summed E-state index contributed by atoms with van der Waals surface area (Å²) in [5.41, 5.74) is 2.50. The molecule has 0 radical (unpaired) electrons. The fourth-order valence-electron chi connectivity index (χ4n) is 2.10. The molecule has 0 atom stereocenters. The van der Waals surface area contributed by atoms with Crippen LogP contribution < -0.4 is 0 Å². The van der Waals surface area contributed by atoms with Crippen LogP contribution in [0.25, 0.3) is 10.9 Å². The smallest absolute Gasteiger partial charge is 0.335 e. The quantitative estimate of drug-likeness (QED) is 0.732. The minimum absolute atomic E-state index is 0.322. The van der Waals surface area contributed by atoms with E-state index >= 15 is 0 Å². The molecule has 0 aliphatic rings. The molecule has 0 fully saturated rings. The van der Waals surface area contributed by atoms with Gasteiger partial charge in [-0.3, -0.25) is 4.98 Å². The van der Waals surface area contributed by atoms with Gasteiger partial charge in [0, 0.05) is 22.2 Å². The number of benzene rings is 2. The first-order valence-electron chi connectivity index (χ1n) is 6.52. The highest BCUT2D eigenvalue weighted by molar-refractivity contribution is 7.98. The summed E-state index contributed by atoms with van der Waals surface area (Å²) in [6.07, 6.45) is 1.79. The third kappa shape index (κ3) is 3.23. The predicted octanol–water partition coefficient (Wildman–Crippen LogP) is 4.23. The third-order valence-corrected chi connectivity index (χ3v) is 4.22. The van der Waals surface area contributed by atoms with Crippen molar-refractivity contribution in [3.63, 3.8) is 0 Å². The molecule has 0 saturated carbocycles. The van der Waals surface area contributed by atoms with E-state index in [1.807, 2.05) is 24.3 Å². The van der Waals surface area contributed by atoms with Crippen LogP contribution in [0.3, 0.4) is 0 Å². The number of nitrogens with zero attached hydrogens (tertiary/aromatic N) is 1. The highest BCUT2D eigenvalue weighted by Crippen LogP contribution is 2.25. The standard InChI is InChI=1S/C17H13NO2S/c19-17(20)14-3-1-5-15(10-14)21-11-12-6-7-16-13(9-12)4-2-8-18-16/h1-10H,11H2,(H,19,20). The Kier molecular flexibility index (Phi) is 3.88. The highest BCUT2D eigenvalue weighted by atomic mass is 32.2. The van der Waals surface area contributed by atoms with Crippen molar-refractivity contribution >= 4 is 28.6 Å². The van der Waals surface area contributed by atoms with Gasteiger partial charge in [-0.15, -0.1) is 11.8 Å². The monoisotopic (exact) mass is 295 g/mol. The van der Waals surface area contributed by atoms with E-state index < -0.39 is 5.97 Å². The van der Waals surface area contributed by atoms with E-state index in [1.165, 1.54) is 5.56 Å². The zero-order valence-corrected chi connectivity index (χ0v) is 12.0. The first kappa shape index (κ1) is 13.6. The number of thioether (sulfide) groups is 1. The molecule has 0 bridgehead atoms. The molecule has 1 aromatic heterocycles. The lowest BCUT2D eigenvalue weighted by Crippen LogP contribution is -1.95. The maximum absolute atomic E-state index is 11.0. The number of carboxylic acid groups (broad SMARTS) is 1. The molecule has 104 valence electrons. The maximum Gasteiger partial charge on any atom is 0.335 e. The third-order valence-electron chi connectivity index (χ3n) is 3.15. The molecule has 0 unspecified atom stereocenters. The Morgan fingerprint density at radius 3 is 2.86 bits per heavy atom. The first-order valence-corrected chi connectivity index (χ1v) is 7.51. The number of hydrogen-bond donors (Lipinski definition) is 1. The van der Waals surface area contributed by atoms with Gasteiger partial charge in [0.05, 0.1) is 11.1 Å². The topological polar surface area (TPSA) is 50.2 Å². The Bertz CT molecular complexity index is 801. The second-order valence-corrected chi connectivity index (χ2v) is 5.70. The van der Waals surface area contributed by atoms with Crippen LogP contribution in [0.1, 0.15) is 15.9 Å². The lowest BCUT2D eigenvalue weighted by Gasteiger charge is -2.04. The van der Waals surface area contributed by atoms with E-state index in [9.17, 15) is 4.79 Å². The van der Waals surface area contributed by atoms with Gasteiger partial charge in [-0.1, -0.05) is 18.2 Å². The molecule has 3 nitrogen and oxygen atoms in total. The molecule has 2 aromatic carbocycles. The largest absolute Gasteiger partial charge is 0.478 e. The molecular weight excluding hydrogens is 282 g/mol. The SMILES string of the molecule is O=C(O)c1cccc(SCc2ccc3ncccc3c2)c1. The lowest BCUT2D eigenvalue weighted by atomic mass is 10.1. The highest BCUT2D eigenvalue weighted by Gasteiger charge is 2.04. The Labute approximate surface area is 126 Å². The molecule has 0 spiro atoms. The van der Waals surface area contributed by atoms with Gasteiger partial charge >= 0.3 is 5.97 Å². The van der Waals surface area contributed by atoms with E-state index in [0.29, 0.717) is 5.56 Å². The second kappa shape index (κ2) is 5.97. The molecule has 0 aliphatic carbocycles. The van der Waals surface area contributed by atoms with Crippen molar-refractivity contribution in [3.8, 4) is 0 Å². The summed E-state index contributed by atoms with van der Waals surface area (Å²) in [6.45, 7) is 0.